The third kappa shape index (κ3) is 3.77. The highest BCUT2D eigenvalue weighted by atomic mass is 16.2. The molecular weight excluding hydrogens is 242 g/mol. The van der Waals surface area contributed by atoms with Gasteiger partial charge in [0.2, 0.25) is 5.91 Å². The summed E-state index contributed by atoms with van der Waals surface area (Å²) in [5.41, 5.74) is 5.49. The van der Waals surface area contributed by atoms with Gasteiger partial charge < -0.3 is 11.1 Å². The number of nitrogens with one attached hydrogen (secondary N) is 1. The zero-order chi connectivity index (χ0) is 13.7. The van der Waals surface area contributed by atoms with Crippen LogP contribution in [-0.2, 0) is 4.79 Å². The van der Waals surface area contributed by atoms with Crippen LogP contribution in [0.15, 0.2) is 18.3 Å². The number of anilines is 1. The van der Waals surface area contributed by atoms with Crippen LogP contribution in [0.1, 0.15) is 48.9 Å². The van der Waals surface area contributed by atoms with Crippen LogP contribution in [0, 0.1) is 5.92 Å². The van der Waals surface area contributed by atoms with Gasteiger partial charge in [-0.05, 0) is 30.9 Å². The van der Waals surface area contributed by atoms with E-state index in [1.165, 1.54) is 25.5 Å². The smallest absolute Gasteiger partial charge is 0.252 e. The van der Waals surface area contributed by atoms with Crippen molar-refractivity contribution in [3.8, 4) is 0 Å². The number of nitrogens with zero attached hydrogens (tertiary/aromatic N) is 1. The minimum atomic E-state index is -0.582. The molecule has 5 heteroatoms. The molecule has 2 amide bonds. The molecule has 0 bridgehead atoms. The molecule has 0 unspecified atom stereocenters. The molecule has 0 saturated heterocycles. The highest BCUT2D eigenvalue weighted by Crippen LogP contribution is 2.26. The van der Waals surface area contributed by atoms with Gasteiger partial charge in [0, 0.05) is 12.6 Å². The topological polar surface area (TPSA) is 85.1 Å². The summed E-state index contributed by atoms with van der Waals surface area (Å²) in [6.07, 6.45) is 7.92. The van der Waals surface area contributed by atoms with Gasteiger partial charge in [-0.15, -0.1) is 0 Å². The number of carbonyl (C=O) groups is 2. The summed E-state index contributed by atoms with van der Waals surface area (Å²) in [4.78, 5) is 27.2. The van der Waals surface area contributed by atoms with Crippen LogP contribution in [0.4, 0.5) is 5.82 Å². The van der Waals surface area contributed by atoms with E-state index in [1.807, 2.05) is 0 Å². The summed E-state index contributed by atoms with van der Waals surface area (Å²) in [6.45, 7) is 0. The molecule has 1 saturated carbocycles. The third-order valence-electron chi connectivity index (χ3n) is 3.53. The number of rotatable bonds is 4. The summed E-state index contributed by atoms with van der Waals surface area (Å²) in [5.74, 6) is 0.0412. The number of primary amides is 1. The number of hydrogen-bond acceptors (Lipinski definition) is 3. The fraction of sp³-hybridized carbons (Fsp3) is 0.500. The highest BCUT2D eigenvalue weighted by Gasteiger charge is 2.18. The Labute approximate surface area is 112 Å². The fourth-order valence-electron chi connectivity index (χ4n) is 2.54. The van der Waals surface area contributed by atoms with E-state index in [0.717, 1.165) is 12.8 Å². The fourth-order valence-corrected chi connectivity index (χ4v) is 2.54. The van der Waals surface area contributed by atoms with Gasteiger partial charge in [0.25, 0.3) is 5.91 Å². The molecule has 1 aliphatic carbocycles. The molecule has 0 spiro atoms. The Morgan fingerprint density at radius 2 is 2.05 bits per heavy atom. The first kappa shape index (κ1) is 13.5. The number of pyridine rings is 1. The van der Waals surface area contributed by atoms with Crippen molar-refractivity contribution in [3.63, 3.8) is 0 Å². The second-order valence-electron chi connectivity index (χ2n) is 5.02. The summed E-state index contributed by atoms with van der Waals surface area (Å²) in [7, 11) is 0. The Morgan fingerprint density at radius 3 is 2.74 bits per heavy atom. The normalized spacial score (nSPS) is 16.0. The highest BCUT2D eigenvalue weighted by molar-refractivity contribution is 6.01. The number of carbonyl (C=O) groups excluding carboxylic acids is 2. The summed E-state index contributed by atoms with van der Waals surface area (Å²) in [5, 5.41) is 2.69. The standard InChI is InChI=1S/C14H19N3O2/c15-13(19)11-7-4-8-16-14(11)17-12(18)9-10-5-2-1-3-6-10/h4,7-8,10H,1-3,5-6,9H2,(H2,15,19)(H,16,17,18). The van der Waals surface area contributed by atoms with Crippen molar-refractivity contribution < 1.29 is 9.59 Å². The SMILES string of the molecule is NC(=O)c1cccnc1NC(=O)CC1CCCCC1. The van der Waals surface area contributed by atoms with Crippen LogP contribution in [0.25, 0.3) is 0 Å². The first-order valence-electron chi connectivity index (χ1n) is 6.71. The van der Waals surface area contributed by atoms with Gasteiger partial charge in [-0.25, -0.2) is 4.98 Å². The number of nitrogens with two attached hydrogens (primary N) is 1. The van der Waals surface area contributed by atoms with E-state index in [2.05, 4.69) is 10.3 Å². The number of amides is 2. The van der Waals surface area contributed by atoms with Crippen LogP contribution >= 0.6 is 0 Å². The largest absolute Gasteiger partial charge is 0.365 e. The molecular formula is C14H19N3O2. The predicted molar refractivity (Wildman–Crippen MR) is 72.6 cm³/mol. The Hall–Kier alpha value is -1.91. The van der Waals surface area contributed by atoms with Gasteiger partial charge in [-0.3, -0.25) is 9.59 Å². The van der Waals surface area contributed by atoms with Gasteiger partial charge >= 0.3 is 0 Å². The minimum absolute atomic E-state index is 0.0897. The zero-order valence-corrected chi connectivity index (χ0v) is 10.9. The quantitative estimate of drug-likeness (QED) is 0.870. The van der Waals surface area contributed by atoms with Crippen LogP contribution in [0.2, 0.25) is 0 Å². The van der Waals surface area contributed by atoms with Gasteiger partial charge in [-0.2, -0.15) is 0 Å². The van der Waals surface area contributed by atoms with E-state index in [0.29, 0.717) is 12.3 Å². The van der Waals surface area contributed by atoms with Crippen molar-refractivity contribution in [2.24, 2.45) is 11.7 Å². The molecule has 2 rings (SSSR count). The van der Waals surface area contributed by atoms with Crippen molar-refractivity contribution in [1.29, 1.82) is 0 Å². The molecule has 1 aliphatic rings. The minimum Gasteiger partial charge on any atom is -0.365 e. The van der Waals surface area contributed by atoms with E-state index in [1.54, 1.807) is 12.1 Å². The van der Waals surface area contributed by atoms with E-state index in [-0.39, 0.29) is 17.3 Å². The maximum Gasteiger partial charge on any atom is 0.252 e. The average Bonchev–Trinajstić information content (AvgIpc) is 2.40. The second kappa shape index (κ2) is 6.31. The van der Waals surface area contributed by atoms with Crippen LogP contribution < -0.4 is 11.1 Å². The molecule has 0 aromatic carbocycles. The molecule has 1 fully saturated rings. The molecule has 0 radical (unpaired) electrons. The molecule has 1 heterocycles. The van der Waals surface area contributed by atoms with Crippen LogP contribution in [-0.4, -0.2) is 16.8 Å². The lowest BCUT2D eigenvalue weighted by Crippen LogP contribution is -2.22. The van der Waals surface area contributed by atoms with Crippen molar-refractivity contribution in [2.75, 3.05) is 5.32 Å². The predicted octanol–water partition coefficient (Wildman–Crippen LogP) is 2.09. The van der Waals surface area contributed by atoms with Gasteiger partial charge in [-0.1, -0.05) is 19.3 Å². The number of aromatic nitrogens is 1. The molecule has 102 valence electrons. The molecule has 1 aromatic heterocycles. The van der Waals surface area contributed by atoms with Gasteiger partial charge in [0.15, 0.2) is 0 Å². The van der Waals surface area contributed by atoms with Crippen molar-refractivity contribution in [3.05, 3.63) is 23.9 Å². The first-order valence-corrected chi connectivity index (χ1v) is 6.71. The molecule has 0 atom stereocenters. The Balaban J connectivity index is 1.96. The van der Waals surface area contributed by atoms with Gasteiger partial charge in [0.1, 0.15) is 5.82 Å². The molecule has 3 N–H and O–H groups in total. The first-order chi connectivity index (χ1) is 9.16. The van der Waals surface area contributed by atoms with Crippen LogP contribution in [0.3, 0.4) is 0 Å². The lowest BCUT2D eigenvalue weighted by molar-refractivity contribution is -0.117. The Bertz CT molecular complexity index is 468. The third-order valence-corrected chi connectivity index (χ3v) is 3.53. The molecule has 19 heavy (non-hydrogen) atoms. The summed E-state index contributed by atoms with van der Waals surface area (Å²) in [6, 6.07) is 3.18. The van der Waals surface area contributed by atoms with Crippen molar-refractivity contribution in [1.82, 2.24) is 4.98 Å². The lowest BCUT2D eigenvalue weighted by atomic mass is 9.87. The maximum atomic E-state index is 12.0. The van der Waals surface area contributed by atoms with Gasteiger partial charge in [0.05, 0.1) is 5.56 Å². The summed E-state index contributed by atoms with van der Waals surface area (Å²) < 4.78 is 0. The maximum absolute atomic E-state index is 12.0. The monoisotopic (exact) mass is 261 g/mol. The number of hydrogen-bond donors (Lipinski definition) is 2. The van der Waals surface area contributed by atoms with Crippen LogP contribution in [0.5, 0.6) is 0 Å². The van der Waals surface area contributed by atoms with E-state index < -0.39 is 5.91 Å². The molecule has 1 aromatic rings. The van der Waals surface area contributed by atoms with E-state index >= 15 is 0 Å². The van der Waals surface area contributed by atoms with E-state index in [4.69, 9.17) is 5.73 Å². The molecule has 5 nitrogen and oxygen atoms in total. The van der Waals surface area contributed by atoms with Crippen molar-refractivity contribution in [2.45, 2.75) is 38.5 Å². The Morgan fingerprint density at radius 1 is 1.32 bits per heavy atom. The van der Waals surface area contributed by atoms with Crippen molar-refractivity contribution >= 4 is 17.6 Å². The summed E-state index contributed by atoms with van der Waals surface area (Å²) >= 11 is 0. The molecule has 0 aliphatic heterocycles. The average molecular weight is 261 g/mol. The zero-order valence-electron chi connectivity index (χ0n) is 10.9. The lowest BCUT2D eigenvalue weighted by Gasteiger charge is -2.20. The van der Waals surface area contributed by atoms with E-state index in [9.17, 15) is 9.59 Å². The second-order valence-corrected chi connectivity index (χ2v) is 5.02. The Kier molecular flexibility index (Phi) is 4.49.